The van der Waals surface area contributed by atoms with E-state index in [1.54, 1.807) is 0 Å². The zero-order valence-corrected chi connectivity index (χ0v) is 29.5. The summed E-state index contributed by atoms with van der Waals surface area (Å²) in [5.41, 5.74) is 0. The van der Waals surface area contributed by atoms with Gasteiger partial charge in [-0.15, -0.1) is 0 Å². The highest BCUT2D eigenvalue weighted by molar-refractivity contribution is 7.47. The molecule has 0 saturated carbocycles. The zero-order valence-electron chi connectivity index (χ0n) is 28.6. The predicted molar refractivity (Wildman–Crippen MR) is 178 cm³/mol. The summed E-state index contributed by atoms with van der Waals surface area (Å²) in [4.78, 5) is 34.6. The lowest BCUT2D eigenvalue weighted by Crippen LogP contribution is -2.29. The van der Waals surface area contributed by atoms with E-state index in [1.165, 1.54) is 96.3 Å². The second-order valence-electron chi connectivity index (χ2n) is 12.3. The molecule has 0 heterocycles. The van der Waals surface area contributed by atoms with Gasteiger partial charge in [-0.05, 0) is 12.8 Å². The Morgan fingerprint density at radius 1 is 0.578 bits per heavy atom. The number of esters is 2. The number of hydrogen-bond donors (Lipinski definition) is 3. The molecule has 0 rings (SSSR count). The van der Waals surface area contributed by atoms with E-state index in [-0.39, 0.29) is 19.4 Å². The van der Waals surface area contributed by atoms with Crippen molar-refractivity contribution in [3.05, 3.63) is 0 Å². The average Bonchev–Trinajstić information content (AvgIpc) is 3.02. The predicted octanol–water partition coefficient (Wildman–Crippen LogP) is 8.33. The Balaban J connectivity index is 4.26. The van der Waals surface area contributed by atoms with Crippen molar-refractivity contribution in [1.82, 2.24) is 0 Å². The maximum atomic E-state index is 12.4. The molecule has 0 radical (unpaired) electrons. The number of carbonyl (C=O) groups excluding carboxylic acids is 2. The van der Waals surface area contributed by atoms with Crippen molar-refractivity contribution < 1.29 is 47.8 Å². The molecule has 0 saturated heterocycles. The van der Waals surface area contributed by atoms with Crippen molar-refractivity contribution in [2.75, 3.05) is 26.4 Å². The maximum absolute atomic E-state index is 12.4. The third-order valence-electron chi connectivity index (χ3n) is 7.76. The summed E-state index contributed by atoms with van der Waals surface area (Å²) in [7, 11) is -4.59. The van der Waals surface area contributed by atoms with Gasteiger partial charge in [-0.3, -0.25) is 18.6 Å². The number of ether oxygens (including phenoxy) is 2. The minimum Gasteiger partial charge on any atom is -0.462 e. The van der Waals surface area contributed by atoms with Gasteiger partial charge in [-0.25, -0.2) is 4.57 Å². The molecule has 0 aliphatic carbocycles. The molecule has 11 heteroatoms. The molecule has 0 fully saturated rings. The third kappa shape index (κ3) is 31.3. The fourth-order valence-corrected chi connectivity index (χ4v) is 5.72. The number of aliphatic hydroxyl groups excluding tert-OH is 2. The first-order valence-corrected chi connectivity index (χ1v) is 19.5. The van der Waals surface area contributed by atoms with Crippen molar-refractivity contribution >= 4 is 19.8 Å². The molecule has 0 bridgehead atoms. The molecule has 0 aromatic heterocycles. The first-order valence-electron chi connectivity index (χ1n) is 18.0. The molecule has 3 N–H and O–H groups in total. The first kappa shape index (κ1) is 44.0. The van der Waals surface area contributed by atoms with Crippen LogP contribution in [0, 0.1) is 0 Å². The van der Waals surface area contributed by atoms with Crippen LogP contribution in [0.2, 0.25) is 0 Å². The highest BCUT2D eigenvalue weighted by Gasteiger charge is 2.27. The number of unbranched alkanes of at least 4 members (excludes halogenated alkanes) is 20. The van der Waals surface area contributed by atoms with Crippen molar-refractivity contribution in [2.45, 2.75) is 180 Å². The number of phosphoric ester groups is 1. The Hall–Kier alpha value is -1.03. The van der Waals surface area contributed by atoms with E-state index in [1.807, 2.05) is 0 Å². The van der Waals surface area contributed by atoms with Crippen LogP contribution >= 0.6 is 7.82 Å². The van der Waals surface area contributed by atoms with Gasteiger partial charge < -0.3 is 24.6 Å². The normalized spacial score (nSPS) is 14.2. The second kappa shape index (κ2) is 31.6. The van der Waals surface area contributed by atoms with Crippen molar-refractivity contribution in [2.24, 2.45) is 0 Å². The number of hydrogen-bond acceptors (Lipinski definition) is 9. The fraction of sp³-hybridized carbons (Fsp3) is 0.941. The van der Waals surface area contributed by atoms with Crippen LogP contribution in [0.15, 0.2) is 0 Å². The quantitative estimate of drug-likeness (QED) is 0.0348. The molecule has 0 aliphatic heterocycles. The number of rotatable bonds is 34. The van der Waals surface area contributed by atoms with Gasteiger partial charge in [-0.1, -0.05) is 142 Å². The largest absolute Gasteiger partial charge is 0.472 e. The number of carbonyl (C=O) groups is 2. The standard InChI is InChI=1S/C34H67O10P/c1-3-5-7-9-11-12-13-14-15-16-17-18-20-21-23-25-33(37)41-29-32(30-43-45(39,40)42-28-31(36)27-35)44-34(38)26-24-22-19-10-8-6-4-2/h31-32,35-36H,3-30H2,1-2H3,(H,39,40)/t31-,32+/m1/s1. The SMILES string of the molecule is CCCCCCCCCCCCCCCCCC(=O)OC[C@@H](COP(=O)(O)OC[C@H](O)CO)OC(=O)CCCCCCCCC. The minimum absolute atomic E-state index is 0.188. The van der Waals surface area contributed by atoms with Crippen LogP contribution in [-0.2, 0) is 32.7 Å². The van der Waals surface area contributed by atoms with E-state index in [4.69, 9.17) is 19.1 Å². The van der Waals surface area contributed by atoms with Crippen LogP contribution < -0.4 is 0 Å². The van der Waals surface area contributed by atoms with Gasteiger partial charge in [-0.2, -0.15) is 0 Å². The van der Waals surface area contributed by atoms with E-state index in [9.17, 15) is 24.2 Å². The average molecular weight is 667 g/mol. The van der Waals surface area contributed by atoms with E-state index >= 15 is 0 Å². The summed E-state index contributed by atoms with van der Waals surface area (Å²) in [5, 5.41) is 18.2. The van der Waals surface area contributed by atoms with Crippen LogP contribution in [0.25, 0.3) is 0 Å². The third-order valence-corrected chi connectivity index (χ3v) is 8.71. The Morgan fingerprint density at radius 3 is 1.38 bits per heavy atom. The molecule has 10 nitrogen and oxygen atoms in total. The molecule has 1 unspecified atom stereocenters. The summed E-state index contributed by atoms with van der Waals surface area (Å²) in [5.74, 6) is -0.924. The minimum atomic E-state index is -4.59. The summed E-state index contributed by atoms with van der Waals surface area (Å²) < 4.78 is 32.4. The molecule has 3 atom stereocenters. The maximum Gasteiger partial charge on any atom is 0.472 e. The fourth-order valence-electron chi connectivity index (χ4n) is 4.93. The lowest BCUT2D eigenvalue weighted by molar-refractivity contribution is -0.161. The topological polar surface area (TPSA) is 149 Å². The van der Waals surface area contributed by atoms with Crippen LogP contribution in [0.1, 0.15) is 168 Å². The molecule has 0 aliphatic rings. The smallest absolute Gasteiger partial charge is 0.462 e. The number of phosphoric acid groups is 1. The van der Waals surface area contributed by atoms with E-state index < -0.39 is 51.8 Å². The van der Waals surface area contributed by atoms with Gasteiger partial charge in [0.1, 0.15) is 12.7 Å². The monoisotopic (exact) mass is 666 g/mol. The van der Waals surface area contributed by atoms with Gasteiger partial charge in [0.15, 0.2) is 6.10 Å². The van der Waals surface area contributed by atoms with Crippen LogP contribution in [0.5, 0.6) is 0 Å². The molecule has 45 heavy (non-hydrogen) atoms. The molecule has 0 spiro atoms. The molecule has 0 amide bonds. The zero-order chi connectivity index (χ0) is 33.4. The molecular weight excluding hydrogens is 599 g/mol. The van der Waals surface area contributed by atoms with Crippen molar-refractivity contribution in [1.29, 1.82) is 0 Å². The Bertz CT molecular complexity index is 736. The summed E-state index contributed by atoms with van der Waals surface area (Å²) in [6, 6.07) is 0. The summed E-state index contributed by atoms with van der Waals surface area (Å²) in [6.07, 6.45) is 23.9. The van der Waals surface area contributed by atoms with E-state index in [0.717, 1.165) is 32.1 Å². The highest BCUT2D eigenvalue weighted by atomic mass is 31.2. The van der Waals surface area contributed by atoms with Gasteiger partial charge in [0.25, 0.3) is 0 Å². The molecule has 268 valence electrons. The van der Waals surface area contributed by atoms with Crippen LogP contribution in [0.4, 0.5) is 0 Å². The van der Waals surface area contributed by atoms with Gasteiger partial charge >= 0.3 is 19.8 Å². The second-order valence-corrected chi connectivity index (χ2v) is 13.7. The molecular formula is C34H67O10P. The van der Waals surface area contributed by atoms with Gasteiger partial charge in [0, 0.05) is 12.8 Å². The van der Waals surface area contributed by atoms with Crippen LogP contribution in [-0.4, -0.2) is 65.7 Å². The Morgan fingerprint density at radius 2 is 0.956 bits per heavy atom. The van der Waals surface area contributed by atoms with E-state index in [2.05, 4.69) is 18.4 Å². The summed E-state index contributed by atoms with van der Waals surface area (Å²) in [6.45, 7) is 2.32. The lowest BCUT2D eigenvalue weighted by atomic mass is 10.0. The highest BCUT2D eigenvalue weighted by Crippen LogP contribution is 2.43. The van der Waals surface area contributed by atoms with Gasteiger partial charge in [0.2, 0.25) is 0 Å². The Kier molecular flexibility index (Phi) is 30.8. The van der Waals surface area contributed by atoms with Gasteiger partial charge in [0.05, 0.1) is 19.8 Å². The Labute approximate surface area is 273 Å². The molecule has 0 aromatic carbocycles. The molecule has 0 aromatic rings. The number of aliphatic hydroxyl groups is 2. The summed E-state index contributed by atoms with van der Waals surface area (Å²) >= 11 is 0. The van der Waals surface area contributed by atoms with Crippen molar-refractivity contribution in [3.63, 3.8) is 0 Å². The first-order chi connectivity index (χ1) is 21.7. The van der Waals surface area contributed by atoms with Crippen molar-refractivity contribution in [3.8, 4) is 0 Å². The lowest BCUT2D eigenvalue weighted by Gasteiger charge is -2.20. The van der Waals surface area contributed by atoms with E-state index in [0.29, 0.717) is 12.8 Å². The van der Waals surface area contributed by atoms with Crippen LogP contribution in [0.3, 0.4) is 0 Å².